The smallest absolute Gasteiger partial charge is 0.214 e. The normalized spacial score (nSPS) is 27.8. The van der Waals surface area contributed by atoms with Gasteiger partial charge in [-0.25, -0.2) is 13.1 Å². The molecule has 0 aromatic heterocycles. The highest BCUT2D eigenvalue weighted by atomic mass is 32.2. The van der Waals surface area contributed by atoms with Crippen LogP contribution in [0.2, 0.25) is 0 Å². The predicted octanol–water partition coefficient (Wildman–Crippen LogP) is 2.11. The van der Waals surface area contributed by atoms with Crippen molar-refractivity contribution in [1.29, 1.82) is 0 Å². The summed E-state index contributed by atoms with van der Waals surface area (Å²) in [6.07, 6.45) is 10.7. The fraction of sp³-hybridized carbons (Fsp3) is 1.00. The average Bonchev–Trinajstić information content (AvgIpc) is 3.27. The van der Waals surface area contributed by atoms with Crippen LogP contribution in [0, 0.1) is 5.92 Å². The Morgan fingerprint density at radius 2 is 1.55 bits per heavy atom. The van der Waals surface area contributed by atoms with Crippen molar-refractivity contribution >= 4 is 10.0 Å². The van der Waals surface area contributed by atoms with Crippen molar-refractivity contribution in [2.75, 3.05) is 19.6 Å². The summed E-state index contributed by atoms with van der Waals surface area (Å²) in [5.74, 6) is 0.892. The van der Waals surface area contributed by atoms with Crippen LogP contribution in [0.15, 0.2) is 0 Å². The zero-order valence-corrected chi connectivity index (χ0v) is 13.2. The molecule has 0 aromatic rings. The van der Waals surface area contributed by atoms with Gasteiger partial charge in [-0.3, -0.25) is 0 Å². The van der Waals surface area contributed by atoms with Gasteiger partial charge >= 0.3 is 0 Å². The van der Waals surface area contributed by atoms with E-state index >= 15 is 0 Å². The molecule has 1 saturated heterocycles. The minimum absolute atomic E-state index is 0.0808. The van der Waals surface area contributed by atoms with Crippen LogP contribution in [0.25, 0.3) is 0 Å². The lowest BCUT2D eigenvalue weighted by Gasteiger charge is -2.35. The number of nitrogens with zero attached hydrogens (tertiary/aromatic N) is 1. The maximum atomic E-state index is 11.9. The summed E-state index contributed by atoms with van der Waals surface area (Å²) in [5.41, 5.74) is 0. The van der Waals surface area contributed by atoms with E-state index in [2.05, 4.69) is 9.62 Å². The van der Waals surface area contributed by atoms with Crippen molar-refractivity contribution in [1.82, 2.24) is 9.62 Å². The quantitative estimate of drug-likeness (QED) is 0.846. The summed E-state index contributed by atoms with van der Waals surface area (Å²) in [5, 5.41) is -0.0808. The first kappa shape index (κ1) is 14.8. The second kappa shape index (κ2) is 6.32. The Morgan fingerprint density at radius 1 is 0.900 bits per heavy atom. The number of hydrogen-bond acceptors (Lipinski definition) is 3. The molecule has 1 N–H and O–H groups in total. The van der Waals surface area contributed by atoms with Crippen molar-refractivity contribution in [3.63, 3.8) is 0 Å². The maximum absolute atomic E-state index is 11.9. The van der Waals surface area contributed by atoms with E-state index in [0.29, 0.717) is 0 Å². The molecule has 4 nitrogen and oxygen atoms in total. The summed E-state index contributed by atoms with van der Waals surface area (Å²) < 4.78 is 26.8. The molecule has 1 aliphatic heterocycles. The van der Waals surface area contributed by atoms with E-state index in [1.54, 1.807) is 0 Å². The molecule has 20 heavy (non-hydrogen) atoms. The van der Waals surface area contributed by atoms with E-state index in [1.165, 1.54) is 38.6 Å². The first-order valence-corrected chi connectivity index (χ1v) is 9.91. The highest BCUT2D eigenvalue weighted by Crippen LogP contribution is 2.29. The summed E-state index contributed by atoms with van der Waals surface area (Å²) in [6, 6.07) is 0.184. The number of sulfonamides is 1. The molecular weight excluding hydrogens is 272 g/mol. The van der Waals surface area contributed by atoms with Crippen molar-refractivity contribution in [3.05, 3.63) is 0 Å². The molecule has 0 radical (unpaired) electrons. The first-order valence-electron chi connectivity index (χ1n) is 8.37. The third-order valence-electron chi connectivity index (χ3n) is 5.12. The molecule has 3 rings (SSSR count). The summed E-state index contributed by atoms with van der Waals surface area (Å²) in [4.78, 5) is 2.55. The fourth-order valence-electron chi connectivity index (χ4n) is 3.68. The van der Waals surface area contributed by atoms with Gasteiger partial charge in [0, 0.05) is 12.6 Å². The van der Waals surface area contributed by atoms with E-state index in [9.17, 15) is 8.42 Å². The summed E-state index contributed by atoms with van der Waals surface area (Å²) >= 11 is 0. The molecule has 2 aliphatic carbocycles. The van der Waals surface area contributed by atoms with Crippen LogP contribution in [0.1, 0.15) is 57.8 Å². The van der Waals surface area contributed by atoms with Gasteiger partial charge in [0.2, 0.25) is 10.0 Å². The lowest BCUT2D eigenvalue weighted by molar-refractivity contribution is 0.161. The van der Waals surface area contributed by atoms with E-state index in [0.717, 1.165) is 44.7 Å². The molecule has 1 heterocycles. The maximum Gasteiger partial charge on any atom is 0.214 e. The summed E-state index contributed by atoms with van der Waals surface area (Å²) in [6.45, 7) is 3.37. The van der Waals surface area contributed by atoms with Gasteiger partial charge in [-0.1, -0.05) is 19.3 Å². The summed E-state index contributed by atoms with van der Waals surface area (Å²) in [7, 11) is -3.00. The standard InChI is InChI=1S/C15H28N2O2S/c18-20(19,15-6-7-15)16-14-8-10-17(11-9-14)12-13-4-2-1-3-5-13/h13-16H,1-12H2. The Hall–Kier alpha value is -0.130. The topological polar surface area (TPSA) is 49.4 Å². The van der Waals surface area contributed by atoms with Crippen molar-refractivity contribution in [2.45, 2.75) is 69.1 Å². The zero-order valence-electron chi connectivity index (χ0n) is 12.4. The Kier molecular flexibility index (Phi) is 4.68. The van der Waals surface area contributed by atoms with Gasteiger partial charge in [0.25, 0.3) is 0 Å². The Morgan fingerprint density at radius 3 is 2.15 bits per heavy atom. The molecular formula is C15H28N2O2S. The number of hydrogen-bond donors (Lipinski definition) is 1. The molecule has 2 saturated carbocycles. The van der Waals surface area contributed by atoms with Gasteiger partial charge in [0.05, 0.1) is 5.25 Å². The van der Waals surface area contributed by atoms with Crippen LogP contribution in [0.5, 0.6) is 0 Å². The van der Waals surface area contributed by atoms with Crippen molar-refractivity contribution in [2.24, 2.45) is 5.92 Å². The molecule has 5 heteroatoms. The Balaban J connectivity index is 1.40. The van der Waals surface area contributed by atoms with Crippen LogP contribution in [0.3, 0.4) is 0 Å². The second-order valence-electron chi connectivity index (χ2n) is 6.94. The van der Waals surface area contributed by atoms with Gasteiger partial charge in [0.15, 0.2) is 0 Å². The largest absolute Gasteiger partial charge is 0.303 e. The Labute approximate surface area is 123 Å². The lowest BCUT2D eigenvalue weighted by Crippen LogP contribution is -2.46. The lowest BCUT2D eigenvalue weighted by atomic mass is 9.88. The third kappa shape index (κ3) is 3.95. The highest BCUT2D eigenvalue weighted by molar-refractivity contribution is 7.90. The molecule has 0 amide bonds. The highest BCUT2D eigenvalue weighted by Gasteiger charge is 2.37. The van der Waals surface area contributed by atoms with Crippen molar-refractivity contribution < 1.29 is 8.42 Å². The number of nitrogens with one attached hydrogen (secondary N) is 1. The van der Waals surface area contributed by atoms with E-state index < -0.39 is 10.0 Å². The van der Waals surface area contributed by atoms with E-state index in [4.69, 9.17) is 0 Å². The molecule has 0 aromatic carbocycles. The SMILES string of the molecule is O=S(=O)(NC1CCN(CC2CCCCC2)CC1)C1CC1. The van der Waals surface area contributed by atoms with Gasteiger partial charge in [-0.05, 0) is 57.5 Å². The van der Waals surface area contributed by atoms with Gasteiger partial charge in [-0.15, -0.1) is 0 Å². The van der Waals surface area contributed by atoms with E-state index in [1.807, 2.05) is 0 Å². The zero-order chi connectivity index (χ0) is 14.0. The fourth-order valence-corrected chi connectivity index (χ4v) is 5.32. The second-order valence-corrected chi connectivity index (χ2v) is 8.93. The number of piperidine rings is 1. The monoisotopic (exact) mass is 300 g/mol. The molecule has 0 atom stereocenters. The van der Waals surface area contributed by atoms with Gasteiger partial charge in [-0.2, -0.15) is 0 Å². The molecule has 0 bridgehead atoms. The minimum atomic E-state index is -3.00. The van der Waals surface area contributed by atoms with Crippen molar-refractivity contribution in [3.8, 4) is 0 Å². The van der Waals surface area contributed by atoms with Crippen LogP contribution in [0.4, 0.5) is 0 Å². The van der Waals surface area contributed by atoms with Gasteiger partial charge in [0.1, 0.15) is 0 Å². The molecule has 116 valence electrons. The van der Waals surface area contributed by atoms with Crippen LogP contribution in [-0.2, 0) is 10.0 Å². The van der Waals surface area contributed by atoms with Crippen LogP contribution < -0.4 is 4.72 Å². The molecule has 0 spiro atoms. The molecule has 0 unspecified atom stereocenters. The number of rotatable bonds is 5. The predicted molar refractivity (Wildman–Crippen MR) is 81.1 cm³/mol. The average molecular weight is 300 g/mol. The van der Waals surface area contributed by atoms with Crippen LogP contribution >= 0.6 is 0 Å². The third-order valence-corrected chi connectivity index (χ3v) is 7.13. The first-order chi connectivity index (χ1) is 9.63. The van der Waals surface area contributed by atoms with Gasteiger partial charge < -0.3 is 4.90 Å². The Bertz CT molecular complexity index is 406. The minimum Gasteiger partial charge on any atom is -0.303 e. The van der Waals surface area contributed by atoms with Crippen LogP contribution in [-0.4, -0.2) is 44.2 Å². The molecule has 3 fully saturated rings. The van der Waals surface area contributed by atoms with E-state index in [-0.39, 0.29) is 11.3 Å². The molecule has 3 aliphatic rings. The number of likely N-dealkylation sites (tertiary alicyclic amines) is 1.